The lowest BCUT2D eigenvalue weighted by Gasteiger charge is -2.28. The van der Waals surface area contributed by atoms with Crippen molar-refractivity contribution in [2.75, 3.05) is 11.4 Å². The Hall–Kier alpha value is -3.29. The van der Waals surface area contributed by atoms with Crippen molar-refractivity contribution >= 4 is 17.3 Å². The maximum Gasteiger partial charge on any atom is 0.200 e. The monoisotopic (exact) mass is 529 g/mol. The van der Waals surface area contributed by atoms with E-state index in [0.29, 0.717) is 31.0 Å². The molecule has 0 amide bonds. The van der Waals surface area contributed by atoms with E-state index in [0.717, 1.165) is 40.8 Å². The first kappa shape index (κ1) is 27.3. The summed E-state index contributed by atoms with van der Waals surface area (Å²) in [5.41, 5.74) is 3.97. The summed E-state index contributed by atoms with van der Waals surface area (Å²) >= 11 is 0. The topological polar surface area (TPSA) is 84.7 Å². The van der Waals surface area contributed by atoms with Gasteiger partial charge in [-0.25, -0.2) is 0 Å². The number of para-hydroxylation sites is 1. The maximum absolute atomic E-state index is 13.8. The summed E-state index contributed by atoms with van der Waals surface area (Å²) in [6, 6.07) is 15.6. The van der Waals surface area contributed by atoms with Crippen molar-refractivity contribution in [3.8, 4) is 0 Å². The third-order valence-corrected chi connectivity index (χ3v) is 7.95. The van der Waals surface area contributed by atoms with Crippen LogP contribution in [0, 0.1) is 12.8 Å². The van der Waals surface area contributed by atoms with E-state index in [-0.39, 0.29) is 24.5 Å². The highest BCUT2D eigenvalue weighted by atomic mass is 16.5. The molecule has 206 valence electrons. The van der Waals surface area contributed by atoms with E-state index in [2.05, 4.69) is 18.9 Å². The fraction of sp³-hybridized carbons (Fsp3) is 0.469. The lowest BCUT2D eigenvalue weighted by Crippen LogP contribution is -2.44. The average molecular weight is 530 g/mol. The summed E-state index contributed by atoms with van der Waals surface area (Å²) in [4.78, 5) is 28.6. The zero-order valence-corrected chi connectivity index (χ0v) is 23.4. The average Bonchev–Trinajstić information content (AvgIpc) is 3.52. The zero-order valence-electron chi connectivity index (χ0n) is 23.4. The van der Waals surface area contributed by atoms with Gasteiger partial charge in [0.25, 0.3) is 0 Å². The summed E-state index contributed by atoms with van der Waals surface area (Å²) in [5.74, 6) is 0.553. The van der Waals surface area contributed by atoms with Gasteiger partial charge < -0.3 is 14.7 Å². The minimum Gasteiger partial charge on any atom is -0.380 e. The van der Waals surface area contributed by atoms with E-state index < -0.39 is 17.9 Å². The Morgan fingerprint density at radius 1 is 1.18 bits per heavy atom. The second-order valence-electron chi connectivity index (χ2n) is 11.5. The lowest BCUT2D eigenvalue weighted by molar-refractivity contribution is -0.121. The number of hydrogen-bond acceptors (Lipinski definition) is 6. The quantitative estimate of drug-likeness (QED) is 0.352. The Morgan fingerprint density at radius 3 is 2.72 bits per heavy atom. The number of hydrogen-bond donors (Lipinski definition) is 1. The first-order chi connectivity index (χ1) is 18.7. The van der Waals surface area contributed by atoms with Crippen LogP contribution in [-0.4, -0.2) is 45.3 Å². The number of Topliss-reactive ketones (excluding diaryl/α,β-unsaturated/α-hetero) is 2. The van der Waals surface area contributed by atoms with Gasteiger partial charge in [-0.05, 0) is 44.2 Å². The van der Waals surface area contributed by atoms with Crippen LogP contribution in [0.15, 0.2) is 54.7 Å². The highest BCUT2D eigenvalue weighted by Gasteiger charge is 2.57. The molecule has 0 radical (unpaired) electrons. The molecule has 1 fully saturated rings. The number of benzene rings is 2. The molecular formula is C32H39N3O4. The van der Waals surface area contributed by atoms with Crippen LogP contribution < -0.4 is 4.90 Å². The summed E-state index contributed by atoms with van der Waals surface area (Å²) < 4.78 is 8.15. The van der Waals surface area contributed by atoms with E-state index in [1.165, 1.54) is 0 Å². The largest absolute Gasteiger partial charge is 0.380 e. The van der Waals surface area contributed by atoms with Crippen LogP contribution in [0.3, 0.4) is 0 Å². The fourth-order valence-corrected chi connectivity index (χ4v) is 6.09. The number of nitrogens with zero attached hydrogens (tertiary/aromatic N) is 3. The van der Waals surface area contributed by atoms with Crippen LogP contribution in [0.1, 0.15) is 72.8 Å². The number of fused-ring (bicyclic) bond motifs is 3. The summed E-state index contributed by atoms with van der Waals surface area (Å²) in [6.45, 7) is 9.01. The van der Waals surface area contributed by atoms with Crippen LogP contribution in [-0.2, 0) is 34.5 Å². The minimum absolute atomic E-state index is 0.0465. The van der Waals surface area contributed by atoms with Crippen molar-refractivity contribution in [2.24, 2.45) is 5.92 Å². The van der Waals surface area contributed by atoms with Crippen LogP contribution >= 0.6 is 0 Å². The smallest absolute Gasteiger partial charge is 0.200 e. The van der Waals surface area contributed by atoms with Gasteiger partial charge in [0.2, 0.25) is 0 Å². The molecule has 5 rings (SSSR count). The van der Waals surface area contributed by atoms with Gasteiger partial charge in [-0.3, -0.25) is 14.3 Å². The Labute approximate surface area is 230 Å². The Bertz CT molecular complexity index is 1360. The Balaban J connectivity index is 1.36. The molecule has 39 heavy (non-hydrogen) atoms. The molecule has 7 heteroatoms. The molecule has 3 atom stereocenters. The van der Waals surface area contributed by atoms with Crippen molar-refractivity contribution in [1.82, 2.24) is 9.78 Å². The molecule has 1 N–H and O–H groups in total. The first-order valence-corrected chi connectivity index (χ1v) is 14.1. The van der Waals surface area contributed by atoms with Crippen LogP contribution in [0.4, 0.5) is 5.69 Å². The number of anilines is 1. The predicted molar refractivity (Wildman–Crippen MR) is 151 cm³/mol. The highest BCUT2D eigenvalue weighted by molar-refractivity contribution is 5.99. The second kappa shape index (κ2) is 11.1. The number of aryl methyl sites for hydroxylation is 3. The molecular weight excluding hydrogens is 490 g/mol. The number of carbonyl (C=O) groups is 2. The Kier molecular flexibility index (Phi) is 7.74. The van der Waals surface area contributed by atoms with E-state index in [9.17, 15) is 14.7 Å². The molecule has 2 aliphatic rings. The standard InChI is InChI=1S/C32H39N3O4/c1-5-35-30(24(19-33-35)14-13-21(2)3)29(37)20-34-28-12-7-6-11-27(28)32(38)18-26(39-31(32)34)17-25(36)16-23-10-8-9-22(4)15-23/h6-12,15,19,21,26,31,38H,5,13-14,16-18,20H2,1-4H3/t26-,31?,32-/m1/s1. The maximum atomic E-state index is 13.8. The van der Waals surface area contributed by atoms with Crippen molar-refractivity contribution in [2.45, 2.75) is 84.3 Å². The molecule has 1 saturated heterocycles. The lowest BCUT2D eigenvalue weighted by atomic mass is 9.89. The number of carbonyl (C=O) groups excluding carboxylic acids is 2. The Morgan fingerprint density at radius 2 is 1.97 bits per heavy atom. The molecule has 0 aliphatic carbocycles. The van der Waals surface area contributed by atoms with Gasteiger partial charge in [0.1, 0.15) is 17.1 Å². The van der Waals surface area contributed by atoms with E-state index in [1.54, 1.807) is 4.68 Å². The van der Waals surface area contributed by atoms with Gasteiger partial charge in [0, 0.05) is 42.6 Å². The van der Waals surface area contributed by atoms with Crippen molar-refractivity contribution < 1.29 is 19.4 Å². The van der Waals surface area contributed by atoms with Gasteiger partial charge in [0.05, 0.1) is 18.8 Å². The molecule has 1 unspecified atom stereocenters. The van der Waals surface area contributed by atoms with Crippen molar-refractivity contribution in [1.29, 1.82) is 0 Å². The minimum atomic E-state index is -1.28. The molecule has 7 nitrogen and oxygen atoms in total. The fourth-order valence-electron chi connectivity index (χ4n) is 6.09. The van der Waals surface area contributed by atoms with Gasteiger partial charge in [-0.1, -0.05) is 61.9 Å². The van der Waals surface area contributed by atoms with E-state index in [1.807, 2.05) is 73.5 Å². The normalized spacial score (nSPS) is 21.8. The molecule has 3 aromatic rings. The summed E-state index contributed by atoms with van der Waals surface area (Å²) in [6.07, 6.45) is 3.30. The number of ether oxygens (including phenoxy) is 1. The number of aromatic nitrogens is 2. The van der Waals surface area contributed by atoms with Crippen LogP contribution in [0.25, 0.3) is 0 Å². The van der Waals surface area contributed by atoms with E-state index >= 15 is 0 Å². The third kappa shape index (κ3) is 5.43. The predicted octanol–water partition coefficient (Wildman–Crippen LogP) is 5.01. The van der Waals surface area contributed by atoms with Gasteiger partial charge in [-0.15, -0.1) is 0 Å². The number of aliphatic hydroxyl groups is 1. The highest BCUT2D eigenvalue weighted by Crippen LogP contribution is 2.51. The number of rotatable bonds is 11. The molecule has 2 aliphatic heterocycles. The number of ketones is 2. The third-order valence-electron chi connectivity index (χ3n) is 7.95. The SMILES string of the molecule is CCn1ncc(CCC(C)C)c1C(=O)CN1c2ccccc2[C@]2(O)C[C@@H](CC(=O)Cc3cccc(C)c3)OC12. The molecule has 1 aromatic heterocycles. The van der Waals surface area contributed by atoms with Crippen LogP contribution in [0.5, 0.6) is 0 Å². The molecule has 0 bridgehead atoms. The molecule has 3 heterocycles. The molecule has 2 aromatic carbocycles. The van der Waals surface area contributed by atoms with E-state index in [4.69, 9.17) is 4.74 Å². The molecule has 0 saturated carbocycles. The zero-order chi connectivity index (χ0) is 27.7. The van der Waals surface area contributed by atoms with Crippen molar-refractivity contribution in [3.05, 3.63) is 82.7 Å². The summed E-state index contributed by atoms with van der Waals surface area (Å²) in [7, 11) is 0. The summed E-state index contributed by atoms with van der Waals surface area (Å²) in [5, 5.41) is 16.4. The second-order valence-corrected chi connectivity index (χ2v) is 11.5. The van der Waals surface area contributed by atoms with Gasteiger partial charge in [0.15, 0.2) is 12.0 Å². The van der Waals surface area contributed by atoms with Crippen LogP contribution in [0.2, 0.25) is 0 Å². The van der Waals surface area contributed by atoms with Gasteiger partial charge in [-0.2, -0.15) is 5.10 Å². The molecule has 0 spiro atoms. The van der Waals surface area contributed by atoms with Crippen molar-refractivity contribution in [3.63, 3.8) is 0 Å². The first-order valence-electron chi connectivity index (χ1n) is 14.1. The van der Waals surface area contributed by atoms with Gasteiger partial charge >= 0.3 is 0 Å².